The first-order chi connectivity index (χ1) is 18.0. The molecule has 1 amide bonds. The topological polar surface area (TPSA) is 97.9 Å². The number of hydrogen-bond acceptors (Lipinski definition) is 7. The van der Waals surface area contributed by atoms with Gasteiger partial charge in [-0.25, -0.2) is 9.18 Å². The molecule has 0 bridgehead atoms. The number of nitrogens with zero attached hydrogens (tertiary/aromatic N) is 4. The third-order valence-corrected chi connectivity index (χ3v) is 6.36. The summed E-state index contributed by atoms with van der Waals surface area (Å²) in [4.78, 5) is 47.5. The van der Waals surface area contributed by atoms with Crippen LogP contribution in [0, 0.1) is 5.82 Å². The monoisotopic (exact) mass is 504 g/mol. The molecule has 0 saturated carbocycles. The summed E-state index contributed by atoms with van der Waals surface area (Å²) in [5.41, 5.74) is 0.913. The third kappa shape index (κ3) is 4.69. The van der Waals surface area contributed by atoms with Gasteiger partial charge in [-0.3, -0.25) is 14.6 Å². The zero-order chi connectivity index (χ0) is 25.9. The highest BCUT2D eigenvalue weighted by molar-refractivity contribution is 6.05. The molecule has 4 aromatic rings. The summed E-state index contributed by atoms with van der Waals surface area (Å²) in [5.74, 6) is -1.11. The molecule has 1 saturated heterocycles. The Kier molecular flexibility index (Phi) is 6.72. The standard InChI is InChI=1S/C27H25FN4O5/c1-2-36-27(35)23-24(30-10-12-31(13-11-30)25(33)22-7-4-14-37-22)20-16-29-9-8-21(20)32(26(23)34)17-18-5-3-6-19(28)15-18/h3-9,14-16H,2,10-13,17H2,1H3. The van der Waals surface area contributed by atoms with E-state index in [0.717, 1.165) is 0 Å². The van der Waals surface area contributed by atoms with Crippen LogP contribution in [-0.2, 0) is 11.3 Å². The zero-order valence-electron chi connectivity index (χ0n) is 20.2. The van der Waals surface area contributed by atoms with Crippen LogP contribution in [-0.4, -0.2) is 59.1 Å². The van der Waals surface area contributed by atoms with E-state index in [1.165, 1.54) is 23.0 Å². The number of furan rings is 1. The fourth-order valence-corrected chi connectivity index (χ4v) is 4.67. The maximum atomic E-state index is 13.9. The van der Waals surface area contributed by atoms with Crippen molar-refractivity contribution < 1.29 is 23.1 Å². The Labute approximate surface area is 211 Å². The molecule has 190 valence electrons. The maximum Gasteiger partial charge on any atom is 0.345 e. The Morgan fingerprint density at radius 2 is 1.92 bits per heavy atom. The Morgan fingerprint density at radius 1 is 1.11 bits per heavy atom. The minimum atomic E-state index is -0.740. The van der Waals surface area contributed by atoms with Crippen molar-refractivity contribution in [1.29, 1.82) is 0 Å². The van der Waals surface area contributed by atoms with Gasteiger partial charge >= 0.3 is 5.97 Å². The molecule has 0 atom stereocenters. The van der Waals surface area contributed by atoms with Gasteiger partial charge in [-0.05, 0) is 42.8 Å². The van der Waals surface area contributed by atoms with Gasteiger partial charge in [0.1, 0.15) is 11.4 Å². The number of anilines is 1. The van der Waals surface area contributed by atoms with E-state index in [9.17, 15) is 18.8 Å². The number of esters is 1. The Bertz CT molecular complexity index is 1510. The number of benzene rings is 1. The number of aromatic nitrogens is 2. The van der Waals surface area contributed by atoms with Gasteiger partial charge in [-0.2, -0.15) is 0 Å². The van der Waals surface area contributed by atoms with Gasteiger partial charge in [-0.1, -0.05) is 12.1 Å². The SMILES string of the molecule is CCOC(=O)c1c(N2CCN(C(=O)c3ccco3)CC2)c2cnccc2n(Cc2cccc(F)c2)c1=O. The lowest BCUT2D eigenvalue weighted by Gasteiger charge is -2.37. The van der Waals surface area contributed by atoms with Crippen LogP contribution < -0.4 is 10.5 Å². The van der Waals surface area contributed by atoms with Crippen LogP contribution in [0.1, 0.15) is 33.4 Å². The lowest BCUT2D eigenvalue weighted by Crippen LogP contribution is -2.49. The van der Waals surface area contributed by atoms with Gasteiger partial charge in [0.25, 0.3) is 11.5 Å². The summed E-state index contributed by atoms with van der Waals surface area (Å²) in [7, 11) is 0. The van der Waals surface area contributed by atoms with Gasteiger partial charge in [-0.15, -0.1) is 0 Å². The van der Waals surface area contributed by atoms with Gasteiger partial charge < -0.3 is 23.5 Å². The second kappa shape index (κ2) is 10.3. The lowest BCUT2D eigenvalue weighted by molar-refractivity contribution is 0.0523. The minimum Gasteiger partial charge on any atom is -0.462 e. The van der Waals surface area contributed by atoms with Crippen LogP contribution in [0.4, 0.5) is 10.1 Å². The van der Waals surface area contributed by atoms with Crippen molar-refractivity contribution >= 4 is 28.5 Å². The first-order valence-electron chi connectivity index (χ1n) is 12.0. The normalized spacial score (nSPS) is 13.7. The molecular formula is C27H25FN4O5. The number of carbonyl (C=O) groups excluding carboxylic acids is 2. The summed E-state index contributed by atoms with van der Waals surface area (Å²) in [5, 5.41) is 0.590. The van der Waals surface area contributed by atoms with E-state index in [0.29, 0.717) is 48.3 Å². The number of amides is 1. The highest BCUT2D eigenvalue weighted by atomic mass is 19.1. The number of fused-ring (bicyclic) bond motifs is 1. The first-order valence-corrected chi connectivity index (χ1v) is 12.0. The largest absolute Gasteiger partial charge is 0.462 e. The third-order valence-electron chi connectivity index (χ3n) is 6.36. The molecule has 0 N–H and O–H groups in total. The molecule has 1 fully saturated rings. The lowest BCUT2D eigenvalue weighted by atomic mass is 10.1. The van der Waals surface area contributed by atoms with E-state index in [4.69, 9.17) is 9.15 Å². The Balaban J connectivity index is 1.58. The van der Waals surface area contributed by atoms with E-state index < -0.39 is 17.3 Å². The molecule has 3 aromatic heterocycles. The molecule has 5 rings (SSSR count). The molecule has 0 aliphatic carbocycles. The molecule has 4 heterocycles. The Morgan fingerprint density at radius 3 is 2.62 bits per heavy atom. The quantitative estimate of drug-likeness (QED) is 0.372. The fraction of sp³-hybridized carbons (Fsp3) is 0.259. The summed E-state index contributed by atoms with van der Waals surface area (Å²) in [6, 6.07) is 11.0. The molecule has 0 radical (unpaired) electrons. The highest BCUT2D eigenvalue weighted by Gasteiger charge is 2.31. The fourth-order valence-electron chi connectivity index (χ4n) is 4.67. The predicted molar refractivity (Wildman–Crippen MR) is 134 cm³/mol. The number of pyridine rings is 2. The number of rotatable bonds is 6. The Hall–Kier alpha value is -4.47. The molecule has 9 nitrogen and oxygen atoms in total. The van der Waals surface area contributed by atoms with E-state index in [1.54, 1.807) is 54.5 Å². The van der Waals surface area contributed by atoms with Crippen LogP contribution in [0.3, 0.4) is 0 Å². The van der Waals surface area contributed by atoms with Gasteiger partial charge in [0.15, 0.2) is 5.76 Å². The number of halogens is 1. The van der Waals surface area contributed by atoms with E-state index in [-0.39, 0.29) is 30.4 Å². The van der Waals surface area contributed by atoms with E-state index >= 15 is 0 Å². The van der Waals surface area contributed by atoms with E-state index in [1.807, 2.05) is 4.90 Å². The van der Waals surface area contributed by atoms with Crippen LogP contribution in [0.25, 0.3) is 10.9 Å². The number of ether oxygens (including phenoxy) is 1. The van der Waals surface area contributed by atoms with Crippen LogP contribution in [0.15, 0.2) is 70.3 Å². The highest BCUT2D eigenvalue weighted by Crippen LogP contribution is 2.30. The van der Waals surface area contributed by atoms with Gasteiger partial charge in [0.05, 0.1) is 30.6 Å². The number of carbonyl (C=O) groups is 2. The van der Waals surface area contributed by atoms with Crippen molar-refractivity contribution in [3.05, 3.63) is 94.2 Å². The minimum absolute atomic E-state index is 0.0647. The van der Waals surface area contributed by atoms with E-state index in [2.05, 4.69) is 4.98 Å². The molecule has 0 spiro atoms. The summed E-state index contributed by atoms with van der Waals surface area (Å²) in [6.45, 7) is 3.34. The molecule has 1 aliphatic rings. The van der Waals surface area contributed by atoms with Crippen molar-refractivity contribution in [2.45, 2.75) is 13.5 Å². The smallest absolute Gasteiger partial charge is 0.345 e. The summed E-state index contributed by atoms with van der Waals surface area (Å²) in [6.07, 6.45) is 4.62. The summed E-state index contributed by atoms with van der Waals surface area (Å²) >= 11 is 0. The van der Waals surface area contributed by atoms with Crippen molar-refractivity contribution in [2.75, 3.05) is 37.7 Å². The predicted octanol–water partition coefficient (Wildman–Crippen LogP) is 3.32. The average Bonchev–Trinajstić information content (AvgIpc) is 3.45. The zero-order valence-corrected chi connectivity index (χ0v) is 20.2. The second-order valence-corrected chi connectivity index (χ2v) is 8.61. The first kappa shape index (κ1) is 24.2. The van der Waals surface area contributed by atoms with Crippen LogP contribution >= 0.6 is 0 Å². The van der Waals surface area contributed by atoms with Crippen LogP contribution in [0.5, 0.6) is 0 Å². The van der Waals surface area contributed by atoms with Crippen molar-refractivity contribution in [1.82, 2.24) is 14.5 Å². The summed E-state index contributed by atoms with van der Waals surface area (Å²) < 4.78 is 25.8. The second-order valence-electron chi connectivity index (χ2n) is 8.61. The van der Waals surface area contributed by atoms with Crippen molar-refractivity contribution in [2.24, 2.45) is 0 Å². The molecule has 10 heteroatoms. The molecular weight excluding hydrogens is 479 g/mol. The molecule has 37 heavy (non-hydrogen) atoms. The molecule has 1 aromatic carbocycles. The van der Waals surface area contributed by atoms with Crippen LogP contribution in [0.2, 0.25) is 0 Å². The van der Waals surface area contributed by atoms with Gasteiger partial charge in [0.2, 0.25) is 0 Å². The number of piperazine rings is 1. The number of hydrogen-bond donors (Lipinski definition) is 0. The molecule has 1 aliphatic heterocycles. The molecule has 0 unspecified atom stereocenters. The van der Waals surface area contributed by atoms with Crippen molar-refractivity contribution in [3.8, 4) is 0 Å². The van der Waals surface area contributed by atoms with Gasteiger partial charge in [0, 0.05) is 44.0 Å². The van der Waals surface area contributed by atoms with Crippen molar-refractivity contribution in [3.63, 3.8) is 0 Å². The maximum absolute atomic E-state index is 13.9. The average molecular weight is 505 g/mol.